The molecule has 0 radical (unpaired) electrons. The number of likely N-dealkylation sites (tertiary alicyclic amines) is 1. The van der Waals surface area contributed by atoms with Gasteiger partial charge < -0.3 is 25.4 Å². The second-order valence-corrected chi connectivity index (χ2v) is 14.0. The average molecular weight is 689 g/mol. The summed E-state index contributed by atoms with van der Waals surface area (Å²) in [5.41, 5.74) is 4.26. The van der Waals surface area contributed by atoms with Gasteiger partial charge in [-0.1, -0.05) is 32.9 Å². The van der Waals surface area contributed by atoms with Crippen molar-refractivity contribution in [3.8, 4) is 5.75 Å². The number of hydroxylamine groups is 1. The number of aromatic nitrogens is 2. The normalized spacial score (nSPS) is 17.2. The molecule has 1 fully saturated rings. The SMILES string of the molecule is Cc1cc(COc2ccc(C3(CC(=O)NCc4ccncc4)CCN(C(CCC[C@@H](NC(=O)O)C(C)(C)C)C(=O)NO)C3=O)cc2)cc(C)n1. The van der Waals surface area contributed by atoms with Crippen LogP contribution in [0.3, 0.4) is 0 Å². The predicted molar refractivity (Wildman–Crippen MR) is 185 cm³/mol. The van der Waals surface area contributed by atoms with Gasteiger partial charge in [0.1, 0.15) is 18.4 Å². The van der Waals surface area contributed by atoms with Crippen LogP contribution in [0.4, 0.5) is 4.79 Å². The number of nitrogens with one attached hydrogen (secondary N) is 3. The van der Waals surface area contributed by atoms with Gasteiger partial charge in [0.15, 0.2) is 0 Å². The smallest absolute Gasteiger partial charge is 0.404 e. The van der Waals surface area contributed by atoms with Gasteiger partial charge in [-0.2, -0.15) is 0 Å². The summed E-state index contributed by atoms with van der Waals surface area (Å²) < 4.78 is 6.03. The number of hydrogen-bond acceptors (Lipinski definition) is 8. The highest BCUT2D eigenvalue weighted by atomic mass is 16.5. The van der Waals surface area contributed by atoms with E-state index in [9.17, 15) is 29.5 Å². The van der Waals surface area contributed by atoms with E-state index in [1.807, 2.05) is 46.8 Å². The van der Waals surface area contributed by atoms with Crippen molar-refractivity contribution in [3.05, 3.63) is 89.0 Å². The van der Waals surface area contributed by atoms with Crippen LogP contribution in [0.15, 0.2) is 60.9 Å². The van der Waals surface area contributed by atoms with Crippen molar-refractivity contribution >= 4 is 23.8 Å². The van der Waals surface area contributed by atoms with Crippen molar-refractivity contribution in [1.29, 1.82) is 0 Å². The lowest BCUT2D eigenvalue weighted by Gasteiger charge is -2.33. The van der Waals surface area contributed by atoms with E-state index < -0.39 is 35.4 Å². The third-order valence-electron chi connectivity index (χ3n) is 9.21. The van der Waals surface area contributed by atoms with Gasteiger partial charge in [-0.15, -0.1) is 0 Å². The Bertz CT molecular complexity index is 1620. The molecule has 268 valence electrons. The Labute approximate surface area is 292 Å². The largest absolute Gasteiger partial charge is 0.489 e. The van der Waals surface area contributed by atoms with Crippen LogP contribution in [-0.2, 0) is 33.0 Å². The highest BCUT2D eigenvalue weighted by Crippen LogP contribution is 2.41. The molecule has 1 aliphatic heterocycles. The number of rotatable bonds is 15. The number of benzene rings is 1. The number of carbonyl (C=O) groups is 4. The monoisotopic (exact) mass is 688 g/mol. The zero-order valence-electron chi connectivity index (χ0n) is 29.4. The Kier molecular flexibility index (Phi) is 12.5. The number of aryl methyl sites for hydroxylation is 2. The fraction of sp³-hybridized carbons (Fsp3) is 0.459. The van der Waals surface area contributed by atoms with E-state index in [4.69, 9.17) is 4.74 Å². The number of carboxylic acid groups (broad SMARTS) is 1. The lowest BCUT2D eigenvalue weighted by Crippen LogP contribution is -2.50. The second kappa shape index (κ2) is 16.6. The van der Waals surface area contributed by atoms with Crippen LogP contribution >= 0.6 is 0 Å². The summed E-state index contributed by atoms with van der Waals surface area (Å²) in [5, 5.41) is 24.5. The minimum atomic E-state index is -1.28. The van der Waals surface area contributed by atoms with E-state index >= 15 is 0 Å². The van der Waals surface area contributed by atoms with Gasteiger partial charge in [0.25, 0.3) is 5.91 Å². The molecule has 0 bridgehead atoms. The highest BCUT2D eigenvalue weighted by Gasteiger charge is 2.52. The summed E-state index contributed by atoms with van der Waals surface area (Å²) in [6.45, 7) is 10.4. The summed E-state index contributed by atoms with van der Waals surface area (Å²) in [6.07, 6.45) is 3.20. The molecule has 0 saturated carbocycles. The number of hydrogen-bond donors (Lipinski definition) is 5. The van der Waals surface area contributed by atoms with Crippen LogP contribution in [0, 0.1) is 19.3 Å². The molecule has 2 unspecified atom stereocenters. The van der Waals surface area contributed by atoms with Crippen molar-refractivity contribution in [2.75, 3.05) is 6.54 Å². The molecule has 13 heteroatoms. The molecule has 4 rings (SSSR count). The second-order valence-electron chi connectivity index (χ2n) is 14.0. The first kappa shape index (κ1) is 37.8. The van der Waals surface area contributed by atoms with Gasteiger partial charge in [0, 0.05) is 49.3 Å². The number of amides is 4. The third kappa shape index (κ3) is 9.78. The van der Waals surface area contributed by atoms with Crippen LogP contribution in [-0.4, -0.2) is 67.6 Å². The Morgan fingerprint density at radius 2 is 1.66 bits per heavy atom. The zero-order valence-corrected chi connectivity index (χ0v) is 29.4. The molecule has 0 aliphatic carbocycles. The molecular formula is C37H48N6O7. The van der Waals surface area contributed by atoms with E-state index in [2.05, 4.69) is 20.6 Å². The summed E-state index contributed by atoms with van der Waals surface area (Å²) in [6, 6.07) is 13.2. The maximum atomic E-state index is 14.5. The van der Waals surface area contributed by atoms with E-state index in [-0.39, 0.29) is 43.7 Å². The van der Waals surface area contributed by atoms with Gasteiger partial charge in [0.2, 0.25) is 11.8 Å². The lowest BCUT2D eigenvalue weighted by molar-refractivity contribution is -0.145. The quantitative estimate of drug-likeness (QED) is 0.113. The maximum absolute atomic E-state index is 14.5. The molecule has 13 nitrogen and oxygen atoms in total. The fourth-order valence-corrected chi connectivity index (χ4v) is 6.59. The van der Waals surface area contributed by atoms with Crippen molar-refractivity contribution in [3.63, 3.8) is 0 Å². The van der Waals surface area contributed by atoms with E-state index in [0.717, 1.165) is 22.5 Å². The van der Waals surface area contributed by atoms with Gasteiger partial charge in [-0.25, -0.2) is 10.3 Å². The van der Waals surface area contributed by atoms with Crippen LogP contribution in [0.25, 0.3) is 0 Å². The summed E-state index contributed by atoms with van der Waals surface area (Å²) >= 11 is 0. The molecule has 0 spiro atoms. The summed E-state index contributed by atoms with van der Waals surface area (Å²) in [7, 11) is 0. The molecule has 3 aromatic rings. The molecule has 4 amide bonds. The van der Waals surface area contributed by atoms with Crippen LogP contribution < -0.4 is 20.9 Å². The van der Waals surface area contributed by atoms with E-state index in [0.29, 0.717) is 30.8 Å². The molecule has 1 saturated heterocycles. The first-order valence-corrected chi connectivity index (χ1v) is 16.8. The molecule has 3 atom stereocenters. The van der Waals surface area contributed by atoms with Crippen molar-refractivity contribution in [1.82, 2.24) is 31.0 Å². The number of pyridine rings is 2. The average Bonchev–Trinajstić information content (AvgIpc) is 3.39. The summed E-state index contributed by atoms with van der Waals surface area (Å²) in [5.74, 6) is -0.907. The Morgan fingerprint density at radius 1 is 1.00 bits per heavy atom. The Balaban J connectivity index is 1.57. The summed E-state index contributed by atoms with van der Waals surface area (Å²) in [4.78, 5) is 62.3. The van der Waals surface area contributed by atoms with Gasteiger partial charge >= 0.3 is 6.09 Å². The minimum absolute atomic E-state index is 0.161. The number of carbonyl (C=O) groups excluding carboxylic acids is 3. The highest BCUT2D eigenvalue weighted by molar-refractivity contribution is 5.98. The molecule has 50 heavy (non-hydrogen) atoms. The van der Waals surface area contributed by atoms with Crippen LogP contribution in [0.1, 0.15) is 81.0 Å². The lowest BCUT2D eigenvalue weighted by atomic mass is 9.75. The Morgan fingerprint density at radius 3 is 2.26 bits per heavy atom. The van der Waals surface area contributed by atoms with Crippen molar-refractivity contribution in [2.45, 2.75) is 97.4 Å². The molecule has 2 aromatic heterocycles. The first-order valence-electron chi connectivity index (χ1n) is 16.8. The third-order valence-corrected chi connectivity index (χ3v) is 9.21. The maximum Gasteiger partial charge on any atom is 0.404 e. The van der Waals surface area contributed by atoms with Crippen LogP contribution in [0.2, 0.25) is 0 Å². The topological polar surface area (TPSA) is 183 Å². The van der Waals surface area contributed by atoms with Crippen molar-refractivity contribution in [2.24, 2.45) is 5.41 Å². The Hall–Kier alpha value is -5.04. The fourth-order valence-electron chi connectivity index (χ4n) is 6.59. The number of ether oxygens (including phenoxy) is 1. The van der Waals surface area contributed by atoms with E-state index in [1.54, 1.807) is 54.3 Å². The molecule has 3 heterocycles. The number of nitrogens with zero attached hydrogens (tertiary/aromatic N) is 3. The molecule has 1 aliphatic rings. The molecular weight excluding hydrogens is 640 g/mol. The first-order chi connectivity index (χ1) is 23.7. The predicted octanol–water partition coefficient (Wildman–Crippen LogP) is 4.58. The zero-order chi connectivity index (χ0) is 36.5. The standard InChI is InChI=1S/C37H48N6O7/c1-24-19-27(20-25(2)40-24)23-50-29-11-9-28(10-12-29)37(21-32(44)39-22-26-13-16-38-17-14-26)15-18-43(34(37)46)30(33(45)42-49)7-6-8-31(36(3,4)5)41-35(47)48/h9-14,16-17,19-20,30-31,41,49H,6-8,15,18,21-23H2,1-5H3,(H,39,44)(H,42,45)(H,47,48)/t30?,31-,37?/m1/s1. The molecule has 1 aromatic carbocycles. The van der Waals surface area contributed by atoms with Gasteiger partial charge in [-0.05, 0) is 98.0 Å². The van der Waals surface area contributed by atoms with E-state index in [1.165, 1.54) is 4.90 Å². The minimum Gasteiger partial charge on any atom is -0.489 e. The van der Waals surface area contributed by atoms with Gasteiger partial charge in [0.05, 0.1) is 5.41 Å². The molecule has 5 N–H and O–H groups in total. The van der Waals surface area contributed by atoms with Crippen molar-refractivity contribution < 1.29 is 34.2 Å². The van der Waals surface area contributed by atoms with Crippen LogP contribution in [0.5, 0.6) is 5.75 Å². The van der Waals surface area contributed by atoms with Gasteiger partial charge in [-0.3, -0.25) is 29.6 Å².